The molecule has 0 amide bonds. The minimum atomic E-state index is -0.389. The summed E-state index contributed by atoms with van der Waals surface area (Å²) in [5.74, 6) is 0.392. The molecule has 0 N–H and O–H groups in total. The minimum Gasteiger partial charge on any atom is -0.461 e. The number of morpholine rings is 1. The first-order valence-corrected chi connectivity index (χ1v) is 15.9. The maximum Gasteiger partial charge on any atom is 0.357 e. The van der Waals surface area contributed by atoms with Crippen LogP contribution in [0.5, 0.6) is 0 Å². The maximum absolute atomic E-state index is 13.1. The van der Waals surface area contributed by atoms with Crippen LogP contribution in [0.4, 0.5) is 5.69 Å². The van der Waals surface area contributed by atoms with Crippen LogP contribution in [0.25, 0.3) is 16.7 Å². The number of carbonyl (C=O) groups excluding carboxylic acids is 1. The maximum atomic E-state index is 13.1. The molecule has 6 heterocycles. The largest absolute Gasteiger partial charge is 0.461 e. The lowest BCUT2D eigenvalue weighted by molar-refractivity contribution is 0.0115. The lowest BCUT2D eigenvalue weighted by Gasteiger charge is -2.41. The van der Waals surface area contributed by atoms with Crippen molar-refractivity contribution in [1.82, 2.24) is 24.6 Å². The van der Waals surface area contributed by atoms with Crippen molar-refractivity contribution in [1.29, 1.82) is 0 Å². The first-order valence-electron chi connectivity index (χ1n) is 15.9. The Balaban J connectivity index is 1.30. The predicted octanol–water partition coefficient (Wildman–Crippen LogP) is 4.45. The third-order valence-corrected chi connectivity index (χ3v) is 9.64. The summed E-state index contributed by atoms with van der Waals surface area (Å²) >= 11 is 0. The Hall–Kier alpha value is -3.08. The van der Waals surface area contributed by atoms with Crippen molar-refractivity contribution >= 4 is 22.7 Å². The van der Waals surface area contributed by atoms with E-state index < -0.39 is 0 Å². The summed E-state index contributed by atoms with van der Waals surface area (Å²) in [5, 5.41) is 6.34. The van der Waals surface area contributed by atoms with Crippen molar-refractivity contribution < 1.29 is 19.0 Å². The van der Waals surface area contributed by atoms with Crippen LogP contribution in [0.1, 0.15) is 85.6 Å². The fraction of sp³-hybridized carbons (Fsp3) is 0.625. The van der Waals surface area contributed by atoms with Crippen molar-refractivity contribution in [2.45, 2.75) is 69.7 Å². The number of esters is 1. The van der Waals surface area contributed by atoms with Gasteiger partial charge in [-0.15, -0.1) is 0 Å². The number of hydrogen-bond donors (Lipinski definition) is 0. The molecular weight excluding hydrogens is 532 g/mol. The topological polar surface area (TPSA) is 94.8 Å². The zero-order valence-corrected chi connectivity index (χ0v) is 24.7. The molecule has 10 nitrogen and oxygen atoms in total. The number of nitrogens with zero attached hydrogens (tertiary/aromatic N) is 6. The lowest BCUT2D eigenvalue weighted by Crippen LogP contribution is -2.49. The summed E-state index contributed by atoms with van der Waals surface area (Å²) in [4.78, 5) is 27.9. The number of anilines is 1. The molecule has 1 saturated carbocycles. The molecule has 0 bridgehead atoms. The van der Waals surface area contributed by atoms with Gasteiger partial charge in [-0.1, -0.05) is 6.42 Å². The molecule has 0 aromatic carbocycles. The fourth-order valence-corrected chi connectivity index (χ4v) is 7.03. The van der Waals surface area contributed by atoms with Crippen molar-refractivity contribution in [2.75, 3.05) is 64.1 Å². The van der Waals surface area contributed by atoms with Gasteiger partial charge in [0.25, 0.3) is 0 Å². The average molecular weight is 575 g/mol. The summed E-state index contributed by atoms with van der Waals surface area (Å²) in [6, 6.07) is 6.69. The Labute approximate surface area is 247 Å². The van der Waals surface area contributed by atoms with Crippen LogP contribution >= 0.6 is 0 Å². The number of carbonyl (C=O) groups is 1. The molecule has 0 unspecified atom stereocenters. The van der Waals surface area contributed by atoms with Gasteiger partial charge in [0.2, 0.25) is 0 Å². The van der Waals surface area contributed by atoms with E-state index in [9.17, 15) is 4.79 Å². The van der Waals surface area contributed by atoms with Crippen molar-refractivity contribution in [2.24, 2.45) is 0 Å². The average Bonchev–Trinajstić information content (AvgIpc) is 3.40. The molecule has 42 heavy (non-hydrogen) atoms. The summed E-state index contributed by atoms with van der Waals surface area (Å²) in [5.41, 5.74) is 5.25. The lowest BCUT2D eigenvalue weighted by atomic mass is 9.82. The normalized spacial score (nSPS) is 21.5. The van der Waals surface area contributed by atoms with Gasteiger partial charge in [-0.25, -0.2) is 14.5 Å². The van der Waals surface area contributed by atoms with E-state index in [1.807, 2.05) is 29.9 Å². The van der Waals surface area contributed by atoms with E-state index in [-0.39, 0.29) is 5.97 Å². The van der Waals surface area contributed by atoms with E-state index >= 15 is 0 Å². The molecule has 3 aliphatic heterocycles. The SMILES string of the molecule is CCOC(=O)c1cc(N2CCC(N3CCOCC3)CC2)c2c(C3CCC3)nn(-c3ccnc(C4CCOCC4)c3)c2n1. The van der Waals surface area contributed by atoms with Gasteiger partial charge in [0.1, 0.15) is 0 Å². The Morgan fingerprint density at radius 2 is 1.71 bits per heavy atom. The second-order valence-corrected chi connectivity index (χ2v) is 12.1. The molecule has 0 radical (unpaired) electrons. The van der Waals surface area contributed by atoms with Crippen LogP contribution in [0.3, 0.4) is 0 Å². The predicted molar refractivity (Wildman–Crippen MR) is 160 cm³/mol. The molecule has 10 heteroatoms. The molecular formula is C32H42N6O4. The van der Waals surface area contributed by atoms with E-state index in [4.69, 9.17) is 29.3 Å². The van der Waals surface area contributed by atoms with E-state index in [0.29, 0.717) is 30.2 Å². The quantitative estimate of drug-likeness (QED) is 0.379. The van der Waals surface area contributed by atoms with Crippen molar-refractivity contribution in [3.8, 4) is 5.69 Å². The summed E-state index contributed by atoms with van der Waals surface area (Å²) in [6.07, 6.45) is 9.48. The summed E-state index contributed by atoms with van der Waals surface area (Å²) in [6.45, 7) is 9.21. The standard InChI is InChI=1S/C32H42N6O4/c1-2-42-32(39)27-21-28(37-12-7-24(8-13-37)36-14-18-41-19-15-36)29-30(23-4-3-5-23)35-38(31(29)34-27)25-6-11-33-26(20-25)22-9-16-40-17-10-22/h6,11,20-24H,2-5,7-10,12-19H2,1H3. The summed E-state index contributed by atoms with van der Waals surface area (Å²) < 4.78 is 18.6. The Kier molecular flexibility index (Phi) is 8.10. The van der Waals surface area contributed by atoms with Crippen molar-refractivity contribution in [3.63, 3.8) is 0 Å². The van der Waals surface area contributed by atoms with Crippen molar-refractivity contribution in [3.05, 3.63) is 41.5 Å². The summed E-state index contributed by atoms with van der Waals surface area (Å²) in [7, 11) is 0. The number of hydrogen-bond acceptors (Lipinski definition) is 9. The fourth-order valence-electron chi connectivity index (χ4n) is 7.03. The van der Waals surface area contributed by atoms with Crippen LogP contribution in [0, 0.1) is 0 Å². The zero-order valence-electron chi connectivity index (χ0n) is 24.7. The third-order valence-electron chi connectivity index (χ3n) is 9.64. The molecule has 224 valence electrons. The monoisotopic (exact) mass is 574 g/mol. The van der Waals surface area contributed by atoms with Gasteiger partial charge >= 0.3 is 5.97 Å². The smallest absolute Gasteiger partial charge is 0.357 e. The Morgan fingerprint density at radius 1 is 0.952 bits per heavy atom. The van der Waals surface area contributed by atoms with Crippen LogP contribution in [-0.4, -0.2) is 95.9 Å². The number of piperidine rings is 1. The highest BCUT2D eigenvalue weighted by molar-refractivity contribution is 5.99. The highest BCUT2D eigenvalue weighted by atomic mass is 16.5. The van der Waals surface area contributed by atoms with Gasteiger partial charge in [-0.05, 0) is 63.6 Å². The first kappa shape index (κ1) is 27.7. The highest BCUT2D eigenvalue weighted by Gasteiger charge is 2.33. The van der Waals surface area contributed by atoms with Gasteiger partial charge in [-0.2, -0.15) is 5.10 Å². The van der Waals surface area contributed by atoms with Gasteiger partial charge in [0, 0.05) is 69.2 Å². The number of fused-ring (bicyclic) bond motifs is 1. The van der Waals surface area contributed by atoms with E-state index in [1.54, 1.807) is 0 Å². The molecule has 4 aliphatic rings. The van der Waals surface area contributed by atoms with Gasteiger partial charge in [-0.3, -0.25) is 9.88 Å². The van der Waals surface area contributed by atoms with E-state index in [1.165, 1.54) is 6.42 Å². The number of aromatic nitrogens is 4. The Bertz CT molecular complexity index is 1400. The van der Waals surface area contributed by atoms with E-state index in [0.717, 1.165) is 125 Å². The number of rotatable bonds is 7. The van der Waals surface area contributed by atoms with Crippen LogP contribution < -0.4 is 4.90 Å². The highest BCUT2D eigenvalue weighted by Crippen LogP contribution is 2.43. The molecule has 0 atom stereocenters. The molecule has 0 spiro atoms. The molecule has 4 fully saturated rings. The second kappa shape index (κ2) is 12.3. The molecule has 3 aromatic heterocycles. The number of ether oxygens (including phenoxy) is 3. The second-order valence-electron chi connectivity index (χ2n) is 12.1. The first-order chi connectivity index (χ1) is 20.7. The van der Waals surface area contributed by atoms with Gasteiger partial charge < -0.3 is 19.1 Å². The third kappa shape index (κ3) is 5.40. The minimum absolute atomic E-state index is 0.310. The number of pyridine rings is 2. The Morgan fingerprint density at radius 3 is 2.43 bits per heavy atom. The van der Waals surface area contributed by atoms with Crippen LogP contribution in [-0.2, 0) is 14.2 Å². The van der Waals surface area contributed by atoms with Gasteiger partial charge in [0.15, 0.2) is 11.3 Å². The zero-order chi connectivity index (χ0) is 28.5. The van der Waals surface area contributed by atoms with Crippen LogP contribution in [0.15, 0.2) is 24.4 Å². The molecule has 3 saturated heterocycles. The van der Waals surface area contributed by atoms with E-state index in [2.05, 4.69) is 15.9 Å². The molecule has 7 rings (SSSR count). The van der Waals surface area contributed by atoms with Crippen LogP contribution in [0.2, 0.25) is 0 Å². The molecule has 1 aliphatic carbocycles. The molecule has 3 aromatic rings. The van der Waals surface area contributed by atoms with Gasteiger partial charge in [0.05, 0.1) is 42.3 Å².